The van der Waals surface area contributed by atoms with Crippen LogP contribution < -0.4 is 0 Å². The SMILES string of the molecule is CC(C)=CCc1[nH]c2ccccc2c1C1=C(O)C(=O)C(c2c(CC=C(C)C)[nH]c3ccccc23)=C(O)C1=O.CC(C)=CCc1[nH]c2ccccc2c1C1=C(O)C(=O)C(c2c[nH]c3ccccc23)=C(O)C1=O. The van der Waals surface area contributed by atoms with Gasteiger partial charge in [0, 0.05) is 108 Å². The van der Waals surface area contributed by atoms with Crippen molar-refractivity contribution in [1.29, 1.82) is 0 Å². The maximum Gasteiger partial charge on any atom is 0.232 e. The number of aromatic nitrogens is 4. The van der Waals surface area contributed by atoms with Gasteiger partial charge in [-0.3, -0.25) is 19.2 Å². The van der Waals surface area contributed by atoms with Crippen molar-refractivity contribution in [2.75, 3.05) is 0 Å². The van der Waals surface area contributed by atoms with E-state index in [0.29, 0.717) is 80.1 Å². The van der Waals surface area contributed by atoms with Gasteiger partial charge in [-0.15, -0.1) is 0 Å². The van der Waals surface area contributed by atoms with Gasteiger partial charge < -0.3 is 40.4 Å². The van der Waals surface area contributed by atoms with E-state index < -0.39 is 46.2 Å². The molecule has 12 nitrogen and oxygen atoms in total. The third kappa shape index (κ3) is 8.43. The standard InChI is InChI=1S/C32H30N2O4.C27H22N2O4/c1-17(2)13-15-23-25(19-9-5-7-11-21(19)33-23)27-29(35)31(37)28(32(38)30(27)36)26-20-10-6-8-12-22(20)34-24(26)16-14-18(3)4;1-14(2)11-12-20-21(16-8-4-6-10-19(16)29-20)23-26(32)24(30)22(25(31)27(23)33)17-13-28-18-9-5-3-7-15(17)18/h5-14,33-35,38H,15-16H2,1-4H3;3-11,13,28-30,33H,12H2,1-2H3. The summed E-state index contributed by atoms with van der Waals surface area (Å²) in [4.78, 5) is 67.4. The lowest BCUT2D eigenvalue weighted by Crippen LogP contribution is -2.23. The van der Waals surface area contributed by atoms with E-state index in [2.05, 4.69) is 19.9 Å². The topological polar surface area (TPSA) is 212 Å². The molecule has 0 spiro atoms. The average Bonchev–Trinajstić information content (AvgIpc) is 4.14. The number of ketones is 4. The molecule has 4 heterocycles. The Morgan fingerprint density at radius 2 is 0.676 bits per heavy atom. The minimum atomic E-state index is -0.787. The summed E-state index contributed by atoms with van der Waals surface area (Å²) in [7, 11) is 0. The third-order valence-electron chi connectivity index (χ3n) is 12.8. The number of carbonyl (C=O) groups excluding carboxylic acids is 4. The number of Topliss-reactive ketones (excluding diaryl/α,β-unsaturated/α-hetero) is 4. The molecular weight excluding hydrogens is 893 g/mol. The second-order valence-electron chi connectivity index (χ2n) is 18.5. The van der Waals surface area contributed by atoms with Gasteiger partial charge in [0.2, 0.25) is 23.1 Å². The van der Waals surface area contributed by atoms with Gasteiger partial charge in [-0.1, -0.05) is 108 Å². The smallest absolute Gasteiger partial charge is 0.232 e. The van der Waals surface area contributed by atoms with Gasteiger partial charge in [0.25, 0.3) is 0 Å². The monoisotopic (exact) mass is 944 g/mol. The van der Waals surface area contributed by atoms with E-state index >= 15 is 0 Å². The van der Waals surface area contributed by atoms with Crippen molar-refractivity contribution in [1.82, 2.24) is 19.9 Å². The molecular formula is C59H52N4O8. The van der Waals surface area contributed by atoms with Crippen LogP contribution in [0.1, 0.15) is 80.9 Å². The van der Waals surface area contributed by atoms with Crippen LogP contribution >= 0.6 is 0 Å². The van der Waals surface area contributed by atoms with Gasteiger partial charge in [0.15, 0.2) is 23.0 Å². The molecule has 4 aromatic heterocycles. The van der Waals surface area contributed by atoms with Crippen LogP contribution in [0.15, 0.2) is 161 Å². The summed E-state index contributed by atoms with van der Waals surface area (Å²) in [6, 6.07) is 29.4. The highest BCUT2D eigenvalue weighted by molar-refractivity contribution is 6.49. The Kier molecular flexibility index (Phi) is 12.5. The molecule has 8 N–H and O–H groups in total. The Bertz CT molecular complexity index is 3670. The van der Waals surface area contributed by atoms with Gasteiger partial charge >= 0.3 is 0 Å². The highest BCUT2D eigenvalue weighted by Crippen LogP contribution is 2.43. The Morgan fingerprint density at radius 3 is 1.01 bits per heavy atom. The number of rotatable bonds is 10. The predicted octanol–water partition coefficient (Wildman–Crippen LogP) is 12.6. The fourth-order valence-corrected chi connectivity index (χ4v) is 9.41. The van der Waals surface area contributed by atoms with Crippen LogP contribution in [-0.2, 0) is 38.4 Å². The molecule has 71 heavy (non-hydrogen) atoms. The summed E-state index contributed by atoms with van der Waals surface area (Å²) >= 11 is 0. The Balaban J connectivity index is 0.000000177. The number of hydrogen-bond acceptors (Lipinski definition) is 8. The molecule has 2 aliphatic carbocycles. The number of nitrogens with one attached hydrogen (secondary N) is 4. The Labute approximate surface area is 408 Å². The van der Waals surface area contributed by atoms with E-state index in [9.17, 15) is 39.6 Å². The molecule has 8 aromatic rings. The lowest BCUT2D eigenvalue weighted by molar-refractivity contribution is -0.116. The zero-order valence-corrected chi connectivity index (χ0v) is 40.1. The molecule has 0 aliphatic heterocycles. The summed E-state index contributed by atoms with van der Waals surface area (Å²) in [6.07, 6.45) is 8.98. The molecule has 0 amide bonds. The summed E-state index contributed by atoms with van der Waals surface area (Å²) in [5.74, 6) is -5.79. The fourth-order valence-electron chi connectivity index (χ4n) is 9.41. The molecule has 0 atom stereocenters. The first-order valence-corrected chi connectivity index (χ1v) is 23.2. The van der Waals surface area contributed by atoms with Crippen LogP contribution in [0.2, 0.25) is 0 Å². The van der Waals surface area contributed by atoms with Crippen molar-refractivity contribution in [3.05, 3.63) is 201 Å². The first-order chi connectivity index (χ1) is 34.1. The zero-order valence-electron chi connectivity index (χ0n) is 40.1. The number of para-hydroxylation sites is 4. The Morgan fingerprint density at radius 1 is 0.394 bits per heavy atom. The summed E-state index contributed by atoms with van der Waals surface area (Å²) in [5.41, 5.74) is 9.31. The molecule has 12 heteroatoms. The van der Waals surface area contributed by atoms with Crippen molar-refractivity contribution in [3.8, 4) is 0 Å². The van der Waals surface area contributed by atoms with Gasteiger partial charge in [0.05, 0.1) is 22.3 Å². The van der Waals surface area contributed by atoms with Crippen LogP contribution in [0.4, 0.5) is 0 Å². The first kappa shape index (κ1) is 47.2. The number of aliphatic hydroxyl groups excluding tert-OH is 4. The molecule has 4 aromatic carbocycles. The number of aliphatic hydroxyl groups is 4. The number of benzene rings is 4. The molecule has 0 fully saturated rings. The highest BCUT2D eigenvalue weighted by Gasteiger charge is 2.41. The van der Waals surface area contributed by atoms with Crippen molar-refractivity contribution in [3.63, 3.8) is 0 Å². The minimum absolute atomic E-state index is 0.184. The second kappa shape index (κ2) is 18.9. The Hall–Kier alpha value is -8.90. The van der Waals surface area contributed by atoms with E-state index in [1.807, 2.05) is 145 Å². The van der Waals surface area contributed by atoms with Crippen LogP contribution in [0.5, 0.6) is 0 Å². The van der Waals surface area contributed by atoms with Crippen molar-refractivity contribution in [2.24, 2.45) is 0 Å². The lowest BCUT2D eigenvalue weighted by atomic mass is 9.83. The quantitative estimate of drug-likeness (QED) is 0.0487. The largest absolute Gasteiger partial charge is 0.504 e. The van der Waals surface area contributed by atoms with Gasteiger partial charge in [-0.25, -0.2) is 0 Å². The maximum atomic E-state index is 13.8. The highest BCUT2D eigenvalue weighted by atomic mass is 16.3. The van der Waals surface area contributed by atoms with Crippen LogP contribution in [0.3, 0.4) is 0 Å². The van der Waals surface area contributed by atoms with Crippen LogP contribution in [0, 0.1) is 0 Å². The first-order valence-electron chi connectivity index (χ1n) is 23.2. The van der Waals surface area contributed by atoms with Crippen molar-refractivity contribution >= 4 is 89.0 Å². The summed E-state index contributed by atoms with van der Waals surface area (Å²) in [6.45, 7) is 11.8. The van der Waals surface area contributed by atoms with E-state index in [0.717, 1.165) is 38.8 Å². The molecule has 0 saturated heterocycles. The van der Waals surface area contributed by atoms with Crippen LogP contribution in [0.25, 0.3) is 65.9 Å². The van der Waals surface area contributed by atoms with Crippen LogP contribution in [-0.4, -0.2) is 63.5 Å². The normalized spacial score (nSPS) is 14.3. The maximum absolute atomic E-state index is 13.8. The zero-order chi connectivity index (χ0) is 50.4. The molecule has 0 unspecified atom stereocenters. The number of H-pyrrole nitrogens is 4. The van der Waals surface area contributed by atoms with Gasteiger partial charge in [-0.05, 0) is 65.8 Å². The lowest BCUT2D eigenvalue weighted by Gasteiger charge is -2.19. The molecule has 2 aliphatic rings. The minimum Gasteiger partial charge on any atom is -0.504 e. The molecule has 356 valence electrons. The number of allylic oxidation sites excluding steroid dienone is 10. The number of carbonyl (C=O) groups is 4. The third-order valence-corrected chi connectivity index (χ3v) is 12.8. The summed E-state index contributed by atoms with van der Waals surface area (Å²) < 4.78 is 0. The average molecular weight is 945 g/mol. The van der Waals surface area contributed by atoms with Gasteiger partial charge in [0.1, 0.15) is 0 Å². The molecule has 10 rings (SSSR count). The molecule has 0 radical (unpaired) electrons. The summed E-state index contributed by atoms with van der Waals surface area (Å²) in [5, 5.41) is 47.4. The second-order valence-corrected chi connectivity index (χ2v) is 18.5. The number of hydrogen-bond donors (Lipinski definition) is 8. The predicted molar refractivity (Wildman–Crippen MR) is 281 cm³/mol. The van der Waals surface area contributed by atoms with Crippen molar-refractivity contribution < 1.29 is 39.6 Å². The molecule has 0 saturated carbocycles. The van der Waals surface area contributed by atoms with E-state index in [1.165, 1.54) is 0 Å². The molecule has 0 bridgehead atoms. The number of fused-ring (bicyclic) bond motifs is 4. The number of aromatic amines is 4. The van der Waals surface area contributed by atoms with E-state index in [-0.39, 0.29) is 22.3 Å². The van der Waals surface area contributed by atoms with E-state index in [1.54, 1.807) is 18.3 Å². The fraction of sp³-hybridized carbons (Fsp3) is 0.153. The van der Waals surface area contributed by atoms with Crippen molar-refractivity contribution in [2.45, 2.75) is 60.8 Å². The van der Waals surface area contributed by atoms with E-state index in [4.69, 9.17) is 0 Å². The van der Waals surface area contributed by atoms with Gasteiger partial charge in [-0.2, -0.15) is 0 Å².